The highest BCUT2D eigenvalue weighted by Gasteiger charge is 2.29. The maximum absolute atomic E-state index is 12.2. The zero-order valence-corrected chi connectivity index (χ0v) is 12.3. The zero-order chi connectivity index (χ0) is 15.4. The number of urea groups is 1. The molecular weight excluding hydrogens is 268 g/mol. The molecule has 0 radical (unpaired) electrons. The van der Waals surface area contributed by atoms with E-state index in [1.54, 1.807) is 12.1 Å². The number of anilines is 1. The molecule has 3 unspecified atom stereocenters. The van der Waals surface area contributed by atoms with E-state index in [-0.39, 0.29) is 23.9 Å². The van der Waals surface area contributed by atoms with Crippen LogP contribution >= 0.6 is 0 Å². The molecule has 1 aliphatic heterocycles. The summed E-state index contributed by atoms with van der Waals surface area (Å²) in [5, 5.41) is 8.82. The summed E-state index contributed by atoms with van der Waals surface area (Å²) in [5.41, 5.74) is 6.68. The van der Waals surface area contributed by atoms with Gasteiger partial charge in [-0.05, 0) is 44.5 Å². The summed E-state index contributed by atoms with van der Waals surface area (Å²) in [5.74, 6) is 0.114. The van der Waals surface area contributed by atoms with Crippen LogP contribution in [0.15, 0.2) is 24.3 Å². The van der Waals surface area contributed by atoms with Crippen LogP contribution in [0.5, 0.6) is 0 Å². The summed E-state index contributed by atoms with van der Waals surface area (Å²) in [7, 11) is 0. The van der Waals surface area contributed by atoms with Crippen LogP contribution < -0.4 is 21.7 Å². The van der Waals surface area contributed by atoms with E-state index >= 15 is 0 Å². The van der Waals surface area contributed by atoms with Gasteiger partial charge in [-0.1, -0.05) is 12.1 Å². The lowest BCUT2D eigenvalue weighted by atomic mass is 10.00. The van der Waals surface area contributed by atoms with Crippen LogP contribution in [-0.4, -0.2) is 24.5 Å². The minimum atomic E-state index is -0.591. The Balaban J connectivity index is 1.95. The molecule has 0 saturated carbocycles. The standard InChI is InChI=1S/C15H22N4O2/c1-9(18-14(20)13-7-8-17-10(13)2)11-3-5-12(6-4-11)19-15(16)21/h3-6,9-10,13,17H,7-8H2,1-2H3,(H,18,20)(H3,16,19,21). The third-order valence-electron chi connectivity index (χ3n) is 3.90. The summed E-state index contributed by atoms with van der Waals surface area (Å²) < 4.78 is 0. The number of carbonyl (C=O) groups is 2. The van der Waals surface area contributed by atoms with E-state index in [4.69, 9.17) is 5.73 Å². The molecule has 0 spiro atoms. The van der Waals surface area contributed by atoms with Crippen molar-refractivity contribution in [3.63, 3.8) is 0 Å². The molecule has 6 heteroatoms. The van der Waals surface area contributed by atoms with Gasteiger partial charge in [0.2, 0.25) is 5.91 Å². The lowest BCUT2D eigenvalue weighted by Gasteiger charge is -2.20. The van der Waals surface area contributed by atoms with Crippen molar-refractivity contribution in [3.05, 3.63) is 29.8 Å². The fourth-order valence-electron chi connectivity index (χ4n) is 2.62. The summed E-state index contributed by atoms with van der Waals surface area (Å²) in [6.07, 6.45) is 0.876. The highest BCUT2D eigenvalue weighted by atomic mass is 16.2. The van der Waals surface area contributed by atoms with Crippen molar-refractivity contribution in [2.75, 3.05) is 11.9 Å². The first-order valence-electron chi connectivity index (χ1n) is 7.17. The van der Waals surface area contributed by atoms with E-state index < -0.39 is 6.03 Å². The first kappa shape index (κ1) is 15.3. The van der Waals surface area contributed by atoms with E-state index in [9.17, 15) is 9.59 Å². The van der Waals surface area contributed by atoms with E-state index in [1.165, 1.54) is 0 Å². The van der Waals surface area contributed by atoms with Crippen LogP contribution in [0.3, 0.4) is 0 Å². The van der Waals surface area contributed by atoms with Gasteiger partial charge in [-0.15, -0.1) is 0 Å². The number of nitrogens with two attached hydrogens (primary N) is 1. The summed E-state index contributed by atoms with van der Waals surface area (Å²) >= 11 is 0. The molecule has 1 aromatic carbocycles. The second-order valence-electron chi connectivity index (χ2n) is 5.48. The topological polar surface area (TPSA) is 96.2 Å². The minimum Gasteiger partial charge on any atom is -0.351 e. The maximum Gasteiger partial charge on any atom is 0.316 e. The Morgan fingerprint density at radius 1 is 1.33 bits per heavy atom. The van der Waals surface area contributed by atoms with Gasteiger partial charge in [-0.2, -0.15) is 0 Å². The molecule has 0 aliphatic carbocycles. The Morgan fingerprint density at radius 2 is 2.00 bits per heavy atom. The molecule has 5 N–H and O–H groups in total. The number of hydrogen-bond acceptors (Lipinski definition) is 3. The number of rotatable bonds is 4. The first-order valence-corrected chi connectivity index (χ1v) is 7.17. The largest absolute Gasteiger partial charge is 0.351 e. The lowest BCUT2D eigenvalue weighted by Crippen LogP contribution is -2.37. The number of amides is 3. The maximum atomic E-state index is 12.2. The van der Waals surface area contributed by atoms with Gasteiger partial charge in [0, 0.05) is 11.7 Å². The smallest absolute Gasteiger partial charge is 0.316 e. The average Bonchev–Trinajstić information content (AvgIpc) is 2.85. The molecule has 2 rings (SSSR count). The molecule has 1 heterocycles. The van der Waals surface area contributed by atoms with Crippen molar-refractivity contribution in [2.45, 2.75) is 32.4 Å². The highest BCUT2D eigenvalue weighted by molar-refractivity contribution is 5.87. The first-order chi connectivity index (χ1) is 9.97. The third kappa shape index (κ3) is 3.95. The SMILES string of the molecule is CC(NC(=O)C1CCNC1C)c1ccc(NC(N)=O)cc1. The van der Waals surface area contributed by atoms with Crippen molar-refractivity contribution in [1.82, 2.24) is 10.6 Å². The Kier molecular flexibility index (Phi) is 4.80. The van der Waals surface area contributed by atoms with Gasteiger partial charge in [0.15, 0.2) is 0 Å². The molecule has 21 heavy (non-hydrogen) atoms. The molecule has 0 aromatic heterocycles. The molecule has 1 aliphatic rings. The second-order valence-corrected chi connectivity index (χ2v) is 5.48. The van der Waals surface area contributed by atoms with Gasteiger partial charge in [-0.25, -0.2) is 4.79 Å². The summed E-state index contributed by atoms with van der Waals surface area (Å²) in [6, 6.07) is 6.82. The second kappa shape index (κ2) is 6.58. The van der Waals surface area contributed by atoms with E-state index in [1.807, 2.05) is 26.0 Å². The van der Waals surface area contributed by atoms with Gasteiger partial charge in [0.05, 0.1) is 12.0 Å². The summed E-state index contributed by atoms with van der Waals surface area (Å²) in [4.78, 5) is 23.0. The van der Waals surface area contributed by atoms with E-state index in [0.717, 1.165) is 18.5 Å². The Morgan fingerprint density at radius 3 is 2.52 bits per heavy atom. The Hall–Kier alpha value is -2.08. The van der Waals surface area contributed by atoms with Gasteiger partial charge < -0.3 is 21.7 Å². The molecule has 1 fully saturated rings. The fourth-order valence-corrected chi connectivity index (χ4v) is 2.62. The van der Waals surface area contributed by atoms with Gasteiger partial charge in [-0.3, -0.25) is 4.79 Å². The zero-order valence-electron chi connectivity index (χ0n) is 12.3. The van der Waals surface area contributed by atoms with E-state index in [0.29, 0.717) is 5.69 Å². The number of hydrogen-bond donors (Lipinski definition) is 4. The number of primary amides is 1. The van der Waals surface area contributed by atoms with Gasteiger partial charge in [0.1, 0.15) is 0 Å². The highest BCUT2D eigenvalue weighted by Crippen LogP contribution is 2.19. The fraction of sp³-hybridized carbons (Fsp3) is 0.467. The minimum absolute atomic E-state index is 0.0308. The Labute approximate surface area is 124 Å². The molecular formula is C15H22N4O2. The lowest BCUT2D eigenvalue weighted by molar-refractivity contribution is -0.125. The molecule has 0 bridgehead atoms. The number of benzene rings is 1. The quantitative estimate of drug-likeness (QED) is 0.674. The van der Waals surface area contributed by atoms with Crippen molar-refractivity contribution >= 4 is 17.6 Å². The molecule has 6 nitrogen and oxygen atoms in total. The predicted octanol–water partition coefficient (Wildman–Crippen LogP) is 1.35. The molecule has 1 aromatic rings. The molecule has 3 atom stereocenters. The van der Waals surface area contributed by atoms with Crippen LogP contribution in [-0.2, 0) is 4.79 Å². The van der Waals surface area contributed by atoms with Crippen molar-refractivity contribution in [3.8, 4) is 0 Å². The Bertz CT molecular complexity index is 515. The van der Waals surface area contributed by atoms with Gasteiger partial charge in [0.25, 0.3) is 0 Å². The van der Waals surface area contributed by atoms with Crippen LogP contribution in [0.25, 0.3) is 0 Å². The van der Waals surface area contributed by atoms with Crippen molar-refractivity contribution < 1.29 is 9.59 Å². The van der Waals surface area contributed by atoms with Crippen LogP contribution in [0, 0.1) is 5.92 Å². The van der Waals surface area contributed by atoms with Crippen molar-refractivity contribution in [2.24, 2.45) is 11.7 Å². The average molecular weight is 290 g/mol. The van der Waals surface area contributed by atoms with Gasteiger partial charge >= 0.3 is 6.03 Å². The predicted molar refractivity (Wildman–Crippen MR) is 81.8 cm³/mol. The monoisotopic (exact) mass is 290 g/mol. The van der Waals surface area contributed by atoms with Crippen LogP contribution in [0.2, 0.25) is 0 Å². The molecule has 114 valence electrons. The van der Waals surface area contributed by atoms with Crippen LogP contribution in [0.1, 0.15) is 31.9 Å². The van der Waals surface area contributed by atoms with Crippen LogP contribution in [0.4, 0.5) is 10.5 Å². The van der Waals surface area contributed by atoms with Crippen molar-refractivity contribution in [1.29, 1.82) is 0 Å². The molecule has 1 saturated heterocycles. The molecule has 3 amide bonds. The summed E-state index contributed by atoms with van der Waals surface area (Å²) in [6.45, 7) is 4.87. The number of carbonyl (C=O) groups excluding carboxylic acids is 2. The normalized spacial score (nSPS) is 22.6. The third-order valence-corrected chi connectivity index (χ3v) is 3.90. The number of nitrogens with one attached hydrogen (secondary N) is 3. The van der Waals surface area contributed by atoms with E-state index in [2.05, 4.69) is 16.0 Å².